The SMILES string of the molecule is O=C(O)c1ccc(OC2CCC2)c(Br)c1. The summed E-state index contributed by atoms with van der Waals surface area (Å²) in [5.74, 6) is -0.199. The number of hydrogen-bond acceptors (Lipinski definition) is 2. The molecule has 0 aliphatic heterocycles. The minimum absolute atomic E-state index is 0.267. The standard InChI is InChI=1S/C11H11BrO3/c12-9-6-7(11(13)14)4-5-10(9)15-8-2-1-3-8/h4-6,8H,1-3H2,(H,13,14). The molecule has 1 aromatic carbocycles. The Bertz CT molecular complexity index is 385. The number of carbonyl (C=O) groups is 1. The molecular formula is C11H11BrO3. The Hall–Kier alpha value is -1.03. The van der Waals surface area contributed by atoms with Gasteiger partial charge in [0.1, 0.15) is 5.75 Å². The zero-order valence-electron chi connectivity index (χ0n) is 8.07. The van der Waals surface area contributed by atoms with Gasteiger partial charge in [-0.1, -0.05) is 0 Å². The number of aromatic carboxylic acids is 1. The Kier molecular flexibility index (Phi) is 2.95. The second-order valence-electron chi connectivity index (χ2n) is 3.62. The van der Waals surface area contributed by atoms with E-state index >= 15 is 0 Å². The minimum atomic E-state index is -0.925. The molecule has 4 heteroatoms. The van der Waals surface area contributed by atoms with Gasteiger partial charge in [-0.2, -0.15) is 0 Å². The summed E-state index contributed by atoms with van der Waals surface area (Å²) in [5, 5.41) is 8.78. The molecule has 1 aromatic rings. The van der Waals surface area contributed by atoms with E-state index in [1.165, 1.54) is 6.42 Å². The fraction of sp³-hybridized carbons (Fsp3) is 0.364. The Labute approximate surface area is 96.2 Å². The first-order valence-corrected chi connectivity index (χ1v) is 5.65. The summed E-state index contributed by atoms with van der Waals surface area (Å²) >= 11 is 3.31. The lowest BCUT2D eigenvalue weighted by Gasteiger charge is -2.26. The molecule has 0 amide bonds. The number of halogens is 1. The Morgan fingerprint density at radius 1 is 1.47 bits per heavy atom. The van der Waals surface area contributed by atoms with Gasteiger partial charge in [0.25, 0.3) is 0 Å². The average molecular weight is 271 g/mol. The van der Waals surface area contributed by atoms with Gasteiger partial charge in [0.05, 0.1) is 16.1 Å². The fourth-order valence-corrected chi connectivity index (χ4v) is 1.87. The van der Waals surface area contributed by atoms with E-state index in [1.54, 1.807) is 18.2 Å². The van der Waals surface area contributed by atoms with Crippen LogP contribution in [0.3, 0.4) is 0 Å². The lowest BCUT2D eigenvalue weighted by atomic mass is 9.96. The molecule has 0 unspecified atom stereocenters. The van der Waals surface area contributed by atoms with Gasteiger partial charge in [-0.3, -0.25) is 0 Å². The van der Waals surface area contributed by atoms with Crippen LogP contribution in [-0.2, 0) is 0 Å². The monoisotopic (exact) mass is 270 g/mol. The summed E-state index contributed by atoms with van der Waals surface area (Å²) in [4.78, 5) is 10.7. The summed E-state index contributed by atoms with van der Waals surface area (Å²) in [5.41, 5.74) is 0.267. The van der Waals surface area contributed by atoms with Crippen LogP contribution >= 0.6 is 15.9 Å². The van der Waals surface area contributed by atoms with Gasteiger partial charge >= 0.3 is 5.97 Å². The Morgan fingerprint density at radius 3 is 2.67 bits per heavy atom. The van der Waals surface area contributed by atoms with Crippen molar-refractivity contribution in [3.63, 3.8) is 0 Å². The van der Waals surface area contributed by atoms with Gasteiger partial charge in [-0.05, 0) is 53.4 Å². The van der Waals surface area contributed by atoms with Crippen molar-refractivity contribution in [2.24, 2.45) is 0 Å². The number of benzene rings is 1. The van der Waals surface area contributed by atoms with Gasteiger partial charge in [-0.15, -0.1) is 0 Å². The lowest BCUT2D eigenvalue weighted by Crippen LogP contribution is -2.24. The third-order valence-corrected chi connectivity index (χ3v) is 3.14. The van der Waals surface area contributed by atoms with Crippen LogP contribution < -0.4 is 4.74 Å². The van der Waals surface area contributed by atoms with Crippen molar-refractivity contribution < 1.29 is 14.6 Å². The highest BCUT2D eigenvalue weighted by Gasteiger charge is 2.20. The van der Waals surface area contributed by atoms with Crippen LogP contribution in [0.2, 0.25) is 0 Å². The normalized spacial score (nSPS) is 15.8. The fourth-order valence-electron chi connectivity index (χ4n) is 1.40. The van der Waals surface area contributed by atoms with Crippen molar-refractivity contribution in [1.82, 2.24) is 0 Å². The molecule has 1 aliphatic carbocycles. The van der Waals surface area contributed by atoms with Crippen molar-refractivity contribution >= 4 is 21.9 Å². The molecule has 1 N–H and O–H groups in total. The average Bonchev–Trinajstić information content (AvgIpc) is 2.12. The molecule has 15 heavy (non-hydrogen) atoms. The number of ether oxygens (including phenoxy) is 1. The molecular weight excluding hydrogens is 260 g/mol. The summed E-state index contributed by atoms with van der Waals surface area (Å²) in [7, 11) is 0. The smallest absolute Gasteiger partial charge is 0.335 e. The van der Waals surface area contributed by atoms with Crippen LogP contribution in [0.1, 0.15) is 29.6 Å². The molecule has 0 heterocycles. The van der Waals surface area contributed by atoms with Crippen LogP contribution in [0.4, 0.5) is 0 Å². The van der Waals surface area contributed by atoms with Crippen LogP contribution in [0.25, 0.3) is 0 Å². The Balaban J connectivity index is 2.14. The van der Waals surface area contributed by atoms with Crippen molar-refractivity contribution in [2.75, 3.05) is 0 Å². The van der Waals surface area contributed by atoms with Gasteiger partial charge in [0.2, 0.25) is 0 Å². The minimum Gasteiger partial charge on any atom is -0.489 e. The first-order chi connectivity index (χ1) is 7.16. The molecule has 2 rings (SSSR count). The highest BCUT2D eigenvalue weighted by Crippen LogP contribution is 2.31. The van der Waals surface area contributed by atoms with Crippen molar-refractivity contribution in [3.05, 3.63) is 28.2 Å². The van der Waals surface area contributed by atoms with Crippen LogP contribution in [-0.4, -0.2) is 17.2 Å². The summed E-state index contributed by atoms with van der Waals surface area (Å²) in [6.07, 6.45) is 3.70. The molecule has 0 bridgehead atoms. The maximum Gasteiger partial charge on any atom is 0.335 e. The van der Waals surface area contributed by atoms with Gasteiger partial charge < -0.3 is 9.84 Å². The number of rotatable bonds is 3. The first kappa shape index (κ1) is 10.5. The van der Waals surface area contributed by atoms with E-state index in [2.05, 4.69) is 15.9 Å². The van der Waals surface area contributed by atoms with E-state index in [9.17, 15) is 4.79 Å². The maximum absolute atomic E-state index is 10.7. The first-order valence-electron chi connectivity index (χ1n) is 4.86. The molecule has 0 saturated heterocycles. The maximum atomic E-state index is 10.7. The van der Waals surface area contributed by atoms with Gasteiger partial charge in [0, 0.05) is 0 Å². The van der Waals surface area contributed by atoms with E-state index in [0.717, 1.165) is 18.6 Å². The second kappa shape index (κ2) is 4.23. The van der Waals surface area contributed by atoms with E-state index in [1.807, 2.05) is 0 Å². The summed E-state index contributed by atoms with van der Waals surface area (Å²) < 4.78 is 6.38. The van der Waals surface area contributed by atoms with Crippen molar-refractivity contribution in [2.45, 2.75) is 25.4 Å². The van der Waals surface area contributed by atoms with Crippen molar-refractivity contribution in [1.29, 1.82) is 0 Å². The second-order valence-corrected chi connectivity index (χ2v) is 4.48. The topological polar surface area (TPSA) is 46.5 Å². The van der Waals surface area contributed by atoms with E-state index in [-0.39, 0.29) is 5.56 Å². The third kappa shape index (κ3) is 2.31. The number of carboxylic acid groups (broad SMARTS) is 1. The van der Waals surface area contributed by atoms with Crippen LogP contribution in [0, 0.1) is 0 Å². The highest BCUT2D eigenvalue weighted by molar-refractivity contribution is 9.10. The molecule has 1 saturated carbocycles. The van der Waals surface area contributed by atoms with Crippen LogP contribution in [0.15, 0.2) is 22.7 Å². The zero-order chi connectivity index (χ0) is 10.8. The number of carboxylic acids is 1. The molecule has 0 aromatic heterocycles. The summed E-state index contributed by atoms with van der Waals surface area (Å²) in [6, 6.07) is 4.82. The summed E-state index contributed by atoms with van der Waals surface area (Å²) in [6.45, 7) is 0. The molecule has 0 radical (unpaired) electrons. The molecule has 3 nitrogen and oxygen atoms in total. The molecule has 80 valence electrons. The zero-order valence-corrected chi connectivity index (χ0v) is 9.66. The third-order valence-electron chi connectivity index (χ3n) is 2.52. The predicted octanol–water partition coefficient (Wildman–Crippen LogP) is 3.08. The van der Waals surface area contributed by atoms with E-state index in [0.29, 0.717) is 10.6 Å². The Morgan fingerprint density at radius 2 is 2.20 bits per heavy atom. The van der Waals surface area contributed by atoms with Gasteiger partial charge in [0.15, 0.2) is 0 Å². The quantitative estimate of drug-likeness (QED) is 0.918. The number of hydrogen-bond donors (Lipinski definition) is 1. The molecule has 1 fully saturated rings. The largest absolute Gasteiger partial charge is 0.489 e. The molecule has 0 atom stereocenters. The van der Waals surface area contributed by atoms with Crippen molar-refractivity contribution in [3.8, 4) is 5.75 Å². The highest BCUT2D eigenvalue weighted by atomic mass is 79.9. The van der Waals surface area contributed by atoms with Gasteiger partial charge in [-0.25, -0.2) is 4.79 Å². The van der Waals surface area contributed by atoms with E-state index < -0.39 is 5.97 Å². The predicted molar refractivity (Wildman–Crippen MR) is 59.4 cm³/mol. The lowest BCUT2D eigenvalue weighted by molar-refractivity contribution is 0.0696. The molecule has 1 aliphatic rings. The van der Waals surface area contributed by atoms with Crippen LogP contribution in [0.5, 0.6) is 5.75 Å². The van der Waals surface area contributed by atoms with E-state index in [4.69, 9.17) is 9.84 Å². The molecule has 0 spiro atoms.